The van der Waals surface area contributed by atoms with Crippen molar-refractivity contribution in [2.24, 2.45) is 0 Å². The van der Waals surface area contributed by atoms with Crippen molar-refractivity contribution in [3.63, 3.8) is 0 Å². The first kappa shape index (κ1) is 22.4. The zero-order chi connectivity index (χ0) is 4.50. The molecule has 38 valence electrons. The van der Waals surface area contributed by atoms with Crippen LogP contribution in [0.2, 0.25) is 0 Å². The van der Waals surface area contributed by atoms with Gasteiger partial charge >= 0.3 is 68.3 Å². The van der Waals surface area contributed by atoms with Crippen LogP contribution in [0.4, 0.5) is 0 Å². The van der Waals surface area contributed by atoms with Crippen molar-refractivity contribution in [3.05, 3.63) is 0 Å². The van der Waals surface area contributed by atoms with Crippen LogP contribution in [0.25, 0.3) is 0 Å². The average Bonchev–Trinajstić information content (AvgIpc) is 0.722. The second kappa shape index (κ2) is 9.29. The van der Waals surface area contributed by atoms with Crippen molar-refractivity contribution in [1.29, 1.82) is 0 Å². The molecule has 0 atom stereocenters. The van der Waals surface area contributed by atoms with E-state index in [4.69, 9.17) is 19.2 Å². The fourth-order valence-electron chi connectivity index (χ4n) is 0. The molecule has 0 rings (SSSR count). The van der Waals surface area contributed by atoms with Gasteiger partial charge in [-0.3, -0.25) is 0 Å². The summed E-state index contributed by atoms with van der Waals surface area (Å²) in [6.07, 6.45) is 0. The van der Waals surface area contributed by atoms with Crippen molar-refractivity contribution in [2.75, 3.05) is 0 Å². The van der Waals surface area contributed by atoms with Gasteiger partial charge in [-0.1, -0.05) is 0 Å². The summed E-state index contributed by atoms with van der Waals surface area (Å²) in [5, 5.41) is 0. The molecule has 0 aromatic rings. The van der Waals surface area contributed by atoms with Crippen LogP contribution in [0, 0.1) is 0 Å². The molecule has 4 nitrogen and oxygen atoms in total. The first-order chi connectivity index (χ1) is 2.00. The van der Waals surface area contributed by atoms with Crippen LogP contribution in [0.3, 0.4) is 0 Å². The Morgan fingerprint density at radius 2 is 0.875 bits per heavy atom. The molecule has 0 saturated heterocycles. The van der Waals surface area contributed by atoms with E-state index >= 15 is 0 Å². The molecule has 0 unspecified atom stereocenters. The molecule has 0 bridgehead atoms. The summed E-state index contributed by atoms with van der Waals surface area (Å²) in [6, 6.07) is 0. The van der Waals surface area contributed by atoms with E-state index in [1.54, 1.807) is 0 Å². The zero-order valence-corrected chi connectivity index (χ0v) is 9.65. The molecule has 0 radical (unpaired) electrons. The molecule has 0 amide bonds. The minimum absolute atomic E-state index is 0. The van der Waals surface area contributed by atoms with Crippen molar-refractivity contribution < 1.29 is 87.5 Å². The molecule has 8 heteroatoms. The van der Waals surface area contributed by atoms with Gasteiger partial charge in [0.25, 0.3) is 0 Å². The van der Waals surface area contributed by atoms with Gasteiger partial charge in [-0.25, -0.2) is 0 Å². The summed E-state index contributed by atoms with van der Waals surface area (Å²) in [5.41, 5.74) is 0. The second-order valence-corrected chi connectivity index (χ2v) is 1.50. The monoisotopic (exact) mass is 219 g/mol. The van der Waals surface area contributed by atoms with E-state index in [9.17, 15) is 0 Å². The molecule has 8 heavy (non-hydrogen) atoms. The van der Waals surface area contributed by atoms with Gasteiger partial charge < -0.3 is 28.2 Å². The molecule has 0 heterocycles. The third kappa shape index (κ3) is 84.0. The SMILES string of the molecule is [Fe+2].[Na+].[O-][Si]([O-])([O-])[O-].[Ti+4]. The molecule has 0 aromatic carbocycles. The van der Waals surface area contributed by atoms with Crippen LogP contribution < -0.4 is 48.7 Å². The molecule has 0 aliphatic heterocycles. The minimum Gasteiger partial charge on any atom is -0.894 e. The first-order valence-electron chi connectivity index (χ1n) is 0.816. The van der Waals surface area contributed by atoms with E-state index < -0.39 is 9.05 Å². The Morgan fingerprint density at radius 1 is 0.875 bits per heavy atom. The smallest absolute Gasteiger partial charge is 0.894 e. The predicted octanol–water partition coefficient (Wildman–Crippen LogP) is -8.14. The summed E-state index contributed by atoms with van der Waals surface area (Å²) >= 11 is 0. The summed E-state index contributed by atoms with van der Waals surface area (Å²) in [5.74, 6) is 0. The first-order valence-corrected chi connectivity index (χ1v) is 2.45. The fraction of sp³-hybridized carbons (Fsp3) is 0. The molecular weight excluding hydrogens is 219 g/mol. The van der Waals surface area contributed by atoms with Crippen LogP contribution in [-0.4, -0.2) is 9.05 Å². The Hall–Kier alpha value is 2.29. The largest absolute Gasteiger partial charge is 4.00 e. The Bertz CT molecular complexity index is 31.5. The maximum Gasteiger partial charge on any atom is 4.00 e. The number of hydrogen-bond acceptors (Lipinski definition) is 4. The Labute approximate surface area is 95.4 Å². The zero-order valence-electron chi connectivity index (χ0n) is 3.99. The normalized spacial score (nSPS) is 7.50. The maximum absolute atomic E-state index is 8.58. The average molecular weight is 219 g/mol. The number of hydrogen-bond donors (Lipinski definition) is 0. The molecule has 0 aliphatic rings. The van der Waals surface area contributed by atoms with E-state index in [1.165, 1.54) is 0 Å². The van der Waals surface area contributed by atoms with Crippen LogP contribution in [0.15, 0.2) is 0 Å². The quantitative estimate of drug-likeness (QED) is 0.378. The third-order valence-corrected chi connectivity index (χ3v) is 0. The van der Waals surface area contributed by atoms with Gasteiger partial charge in [0.2, 0.25) is 0 Å². The van der Waals surface area contributed by atoms with Crippen LogP contribution in [0.5, 0.6) is 0 Å². The number of rotatable bonds is 0. The minimum atomic E-state index is -5.61. The van der Waals surface area contributed by atoms with E-state index in [-0.39, 0.29) is 68.3 Å². The van der Waals surface area contributed by atoms with Gasteiger partial charge in [-0.15, -0.1) is 0 Å². The summed E-state index contributed by atoms with van der Waals surface area (Å²) in [6.45, 7) is 0. The Balaban J connectivity index is -0.0000000267. The second-order valence-electron chi connectivity index (χ2n) is 0.500. The van der Waals surface area contributed by atoms with Crippen molar-refractivity contribution in [2.45, 2.75) is 0 Å². The van der Waals surface area contributed by atoms with Gasteiger partial charge in [-0.05, 0) is 0 Å². The van der Waals surface area contributed by atoms with Crippen LogP contribution in [0.1, 0.15) is 0 Å². The maximum atomic E-state index is 8.58. The third-order valence-electron chi connectivity index (χ3n) is 0. The van der Waals surface area contributed by atoms with Crippen molar-refractivity contribution >= 4 is 9.05 Å². The fourth-order valence-corrected chi connectivity index (χ4v) is 0. The molecule has 0 N–H and O–H groups in total. The Kier molecular flexibility index (Phi) is 26.1. The van der Waals surface area contributed by atoms with Gasteiger partial charge in [0.05, 0.1) is 0 Å². The van der Waals surface area contributed by atoms with Gasteiger partial charge in [0.15, 0.2) is 0 Å². The van der Waals surface area contributed by atoms with E-state index in [2.05, 4.69) is 0 Å². The summed E-state index contributed by atoms with van der Waals surface area (Å²) in [4.78, 5) is 34.3. The summed E-state index contributed by atoms with van der Waals surface area (Å²) < 4.78 is 0. The van der Waals surface area contributed by atoms with Crippen molar-refractivity contribution in [3.8, 4) is 0 Å². The van der Waals surface area contributed by atoms with E-state index in [0.717, 1.165) is 0 Å². The van der Waals surface area contributed by atoms with Gasteiger partial charge in [0.1, 0.15) is 0 Å². The molecule has 0 spiro atoms. The molecule has 0 saturated carbocycles. The van der Waals surface area contributed by atoms with Gasteiger partial charge in [-0.2, -0.15) is 0 Å². The standard InChI is InChI=1S/Fe.Na.O4Si.Ti/c;;1-5(2,3)4;/q+2;+1;-4;+4. The molecule has 0 aliphatic carbocycles. The molecular formula is FeNaO4SiTi+3. The molecule has 0 fully saturated rings. The van der Waals surface area contributed by atoms with Crippen LogP contribution in [-0.2, 0) is 38.8 Å². The van der Waals surface area contributed by atoms with E-state index in [0.29, 0.717) is 0 Å². The van der Waals surface area contributed by atoms with Crippen LogP contribution >= 0.6 is 0 Å². The molecule has 0 aromatic heterocycles. The predicted molar refractivity (Wildman–Crippen MR) is 5.75 cm³/mol. The summed E-state index contributed by atoms with van der Waals surface area (Å²) in [7, 11) is -5.61. The Morgan fingerprint density at radius 3 is 0.875 bits per heavy atom. The van der Waals surface area contributed by atoms with E-state index in [1.807, 2.05) is 0 Å². The van der Waals surface area contributed by atoms with Crippen molar-refractivity contribution in [1.82, 2.24) is 0 Å². The topological polar surface area (TPSA) is 92.2 Å². The van der Waals surface area contributed by atoms with Gasteiger partial charge in [0, 0.05) is 0 Å².